The Labute approximate surface area is 123 Å². The second kappa shape index (κ2) is 16.9. The maximum Gasteiger partial charge on any atom is 0.271 e. The number of unbranched alkanes of at least 4 members (excludes halogenated alkanes) is 2. The molecule has 0 unspecified atom stereocenters. The van der Waals surface area contributed by atoms with E-state index in [-0.39, 0.29) is 0 Å². The van der Waals surface area contributed by atoms with E-state index in [9.17, 15) is 0 Å². The first kappa shape index (κ1) is 19.8. The normalized spacial score (nSPS) is 11.4. The number of ether oxygens (including phenoxy) is 5. The SMILES string of the molecule is CCCCOCCOC(OCC)OCCOCCCC. The molecule has 0 spiro atoms. The van der Waals surface area contributed by atoms with E-state index in [4.69, 9.17) is 23.7 Å². The fraction of sp³-hybridized carbons (Fsp3) is 1.00. The van der Waals surface area contributed by atoms with Crippen molar-refractivity contribution < 1.29 is 23.7 Å². The summed E-state index contributed by atoms with van der Waals surface area (Å²) in [5.74, 6) is 0. The minimum Gasteiger partial charge on any atom is -0.379 e. The molecule has 0 fully saturated rings. The van der Waals surface area contributed by atoms with E-state index >= 15 is 0 Å². The van der Waals surface area contributed by atoms with Gasteiger partial charge in [0, 0.05) is 19.8 Å². The van der Waals surface area contributed by atoms with Crippen LogP contribution in [0.4, 0.5) is 0 Å². The number of hydrogen-bond donors (Lipinski definition) is 0. The molecule has 0 aromatic carbocycles. The highest BCUT2D eigenvalue weighted by atomic mass is 16.8. The van der Waals surface area contributed by atoms with E-state index in [1.807, 2.05) is 6.92 Å². The third-order valence-corrected chi connectivity index (χ3v) is 2.55. The van der Waals surface area contributed by atoms with Crippen molar-refractivity contribution in [3.05, 3.63) is 0 Å². The quantitative estimate of drug-likeness (QED) is 0.323. The summed E-state index contributed by atoms with van der Waals surface area (Å²) in [6, 6.07) is 0. The van der Waals surface area contributed by atoms with Gasteiger partial charge in [0.25, 0.3) is 6.48 Å². The number of hydrogen-bond acceptors (Lipinski definition) is 5. The van der Waals surface area contributed by atoms with Gasteiger partial charge in [-0.3, -0.25) is 0 Å². The monoisotopic (exact) mass is 292 g/mol. The van der Waals surface area contributed by atoms with Crippen molar-refractivity contribution >= 4 is 0 Å². The predicted molar refractivity (Wildman–Crippen MR) is 78.8 cm³/mol. The average molecular weight is 292 g/mol. The first-order chi connectivity index (χ1) is 9.85. The molecule has 5 nitrogen and oxygen atoms in total. The Morgan fingerprint density at radius 1 is 0.600 bits per heavy atom. The van der Waals surface area contributed by atoms with Crippen LogP contribution in [0.5, 0.6) is 0 Å². The summed E-state index contributed by atoms with van der Waals surface area (Å²) < 4.78 is 27.1. The Morgan fingerprint density at radius 2 is 1.10 bits per heavy atom. The van der Waals surface area contributed by atoms with Crippen LogP contribution in [0.1, 0.15) is 46.5 Å². The molecule has 0 aliphatic rings. The Hall–Kier alpha value is -0.200. The third kappa shape index (κ3) is 14.2. The lowest BCUT2D eigenvalue weighted by Gasteiger charge is -2.18. The molecular weight excluding hydrogens is 260 g/mol. The molecule has 20 heavy (non-hydrogen) atoms. The summed E-state index contributed by atoms with van der Waals surface area (Å²) in [5, 5.41) is 0. The Bertz CT molecular complexity index is 162. The second-order valence-corrected chi connectivity index (χ2v) is 4.42. The summed E-state index contributed by atoms with van der Waals surface area (Å²) in [4.78, 5) is 0. The molecule has 0 rings (SSSR count). The first-order valence-electron chi connectivity index (χ1n) is 7.85. The highest BCUT2D eigenvalue weighted by Gasteiger charge is 2.08. The van der Waals surface area contributed by atoms with Gasteiger partial charge in [-0.25, -0.2) is 0 Å². The molecule has 0 amide bonds. The first-order valence-corrected chi connectivity index (χ1v) is 7.85. The Balaban J connectivity index is 3.45. The highest BCUT2D eigenvalue weighted by Crippen LogP contribution is 1.99. The minimum atomic E-state index is -0.621. The van der Waals surface area contributed by atoms with Gasteiger partial charge >= 0.3 is 0 Å². The van der Waals surface area contributed by atoms with Crippen molar-refractivity contribution in [1.29, 1.82) is 0 Å². The summed E-state index contributed by atoms with van der Waals surface area (Å²) in [7, 11) is 0. The van der Waals surface area contributed by atoms with Crippen LogP contribution in [0, 0.1) is 0 Å². The van der Waals surface area contributed by atoms with Gasteiger partial charge < -0.3 is 23.7 Å². The molecule has 0 aromatic rings. The van der Waals surface area contributed by atoms with E-state index in [2.05, 4.69) is 13.8 Å². The summed E-state index contributed by atoms with van der Waals surface area (Å²) in [6.45, 7) is 9.78. The van der Waals surface area contributed by atoms with Gasteiger partial charge in [-0.05, 0) is 19.8 Å². The molecule has 0 aliphatic heterocycles. The van der Waals surface area contributed by atoms with Crippen LogP contribution in [-0.4, -0.2) is 52.7 Å². The molecule has 0 saturated heterocycles. The maximum atomic E-state index is 5.47. The van der Waals surface area contributed by atoms with Crippen molar-refractivity contribution in [2.75, 3.05) is 46.2 Å². The van der Waals surface area contributed by atoms with Crippen molar-refractivity contribution in [3.63, 3.8) is 0 Å². The fourth-order valence-electron chi connectivity index (χ4n) is 1.38. The van der Waals surface area contributed by atoms with Crippen molar-refractivity contribution in [3.8, 4) is 0 Å². The molecular formula is C15H32O5. The van der Waals surface area contributed by atoms with Crippen LogP contribution >= 0.6 is 0 Å². The molecule has 0 bridgehead atoms. The zero-order chi connectivity index (χ0) is 14.9. The minimum absolute atomic E-state index is 0.477. The van der Waals surface area contributed by atoms with Gasteiger partial charge in [0.2, 0.25) is 0 Å². The standard InChI is InChI=1S/C15H32O5/c1-4-7-9-16-11-13-19-15(18-6-3)20-14-12-17-10-8-5-2/h15H,4-14H2,1-3H3. The molecule has 5 heteroatoms. The van der Waals surface area contributed by atoms with Gasteiger partial charge in [-0.15, -0.1) is 0 Å². The van der Waals surface area contributed by atoms with Gasteiger partial charge in [0.1, 0.15) is 0 Å². The highest BCUT2D eigenvalue weighted by molar-refractivity contribution is 4.37. The Kier molecular flexibility index (Phi) is 16.7. The second-order valence-electron chi connectivity index (χ2n) is 4.42. The van der Waals surface area contributed by atoms with Crippen molar-refractivity contribution in [2.45, 2.75) is 52.9 Å². The van der Waals surface area contributed by atoms with Crippen LogP contribution in [0.3, 0.4) is 0 Å². The zero-order valence-electron chi connectivity index (χ0n) is 13.4. The van der Waals surface area contributed by atoms with Crippen LogP contribution in [0.2, 0.25) is 0 Å². The van der Waals surface area contributed by atoms with Crippen molar-refractivity contribution in [2.24, 2.45) is 0 Å². The van der Waals surface area contributed by atoms with Gasteiger partial charge in [-0.1, -0.05) is 26.7 Å². The van der Waals surface area contributed by atoms with Gasteiger partial charge in [-0.2, -0.15) is 0 Å². The van der Waals surface area contributed by atoms with E-state index in [1.54, 1.807) is 0 Å². The molecule has 0 radical (unpaired) electrons. The molecule has 0 aliphatic carbocycles. The zero-order valence-corrected chi connectivity index (χ0v) is 13.4. The van der Waals surface area contributed by atoms with Crippen molar-refractivity contribution in [1.82, 2.24) is 0 Å². The Morgan fingerprint density at radius 3 is 1.50 bits per heavy atom. The summed E-state index contributed by atoms with van der Waals surface area (Å²) in [6.07, 6.45) is 4.45. The molecule has 0 aromatic heterocycles. The largest absolute Gasteiger partial charge is 0.379 e. The molecule has 0 N–H and O–H groups in total. The van der Waals surface area contributed by atoms with Crippen LogP contribution in [-0.2, 0) is 23.7 Å². The summed E-state index contributed by atoms with van der Waals surface area (Å²) in [5.41, 5.74) is 0. The third-order valence-electron chi connectivity index (χ3n) is 2.55. The predicted octanol–water partition coefficient (Wildman–Crippen LogP) is 2.97. The van der Waals surface area contributed by atoms with E-state index in [0.29, 0.717) is 33.0 Å². The lowest BCUT2D eigenvalue weighted by molar-refractivity contribution is -0.291. The summed E-state index contributed by atoms with van der Waals surface area (Å²) >= 11 is 0. The van der Waals surface area contributed by atoms with Gasteiger partial charge in [0.15, 0.2) is 0 Å². The molecule has 122 valence electrons. The molecule has 0 atom stereocenters. The smallest absolute Gasteiger partial charge is 0.271 e. The topological polar surface area (TPSA) is 46.2 Å². The lowest BCUT2D eigenvalue weighted by atomic mass is 10.4. The van der Waals surface area contributed by atoms with Crippen LogP contribution < -0.4 is 0 Å². The number of rotatable bonds is 16. The van der Waals surface area contributed by atoms with E-state index in [0.717, 1.165) is 38.9 Å². The fourth-order valence-corrected chi connectivity index (χ4v) is 1.38. The van der Waals surface area contributed by atoms with E-state index in [1.165, 1.54) is 0 Å². The molecule has 0 heterocycles. The maximum absolute atomic E-state index is 5.47. The molecule has 0 saturated carbocycles. The average Bonchev–Trinajstić information content (AvgIpc) is 2.46. The van der Waals surface area contributed by atoms with E-state index < -0.39 is 6.48 Å². The van der Waals surface area contributed by atoms with Crippen LogP contribution in [0.15, 0.2) is 0 Å². The van der Waals surface area contributed by atoms with Gasteiger partial charge in [0.05, 0.1) is 26.4 Å². The lowest BCUT2D eigenvalue weighted by Crippen LogP contribution is -2.25. The van der Waals surface area contributed by atoms with Crippen LogP contribution in [0.25, 0.3) is 0 Å².